The van der Waals surface area contributed by atoms with Crippen LogP contribution in [0.4, 0.5) is 0 Å². The summed E-state index contributed by atoms with van der Waals surface area (Å²) in [5, 5.41) is 0. The molecule has 0 spiro atoms. The molecule has 1 atom stereocenters. The van der Waals surface area contributed by atoms with Gasteiger partial charge in [-0.1, -0.05) is 13.8 Å². The maximum atomic E-state index is 5.17. The smallest absolute Gasteiger partial charge is 0.0869 e. The quantitative estimate of drug-likeness (QED) is 0.401. The second-order valence-corrected chi connectivity index (χ2v) is 3.19. The van der Waals surface area contributed by atoms with Crippen LogP contribution >= 0.6 is 0 Å². The molecule has 9 heavy (non-hydrogen) atoms. The third kappa shape index (κ3) is 1.46. The van der Waals surface area contributed by atoms with Gasteiger partial charge in [0.05, 0.1) is 12.7 Å². The number of hydrogen-bond acceptors (Lipinski definition) is 1. The van der Waals surface area contributed by atoms with Crippen LogP contribution in [0.1, 0.15) is 20.3 Å². The largest absolute Gasteiger partial charge is 0.373 e. The van der Waals surface area contributed by atoms with E-state index >= 15 is 0 Å². The first kappa shape index (κ1) is 6.64. The van der Waals surface area contributed by atoms with Crippen molar-refractivity contribution in [2.45, 2.75) is 26.4 Å². The molecular weight excluding hydrogens is 112 g/mol. The van der Waals surface area contributed by atoms with Crippen LogP contribution < -0.4 is 0 Å². The van der Waals surface area contributed by atoms with Gasteiger partial charge in [0.15, 0.2) is 0 Å². The van der Waals surface area contributed by atoms with Crippen molar-refractivity contribution in [3.05, 3.63) is 0 Å². The molecule has 0 aliphatic carbocycles. The lowest BCUT2D eigenvalue weighted by Gasteiger charge is -2.17. The van der Waals surface area contributed by atoms with Crippen molar-refractivity contribution in [2.75, 3.05) is 6.61 Å². The van der Waals surface area contributed by atoms with E-state index in [-0.39, 0.29) is 5.41 Å². The minimum Gasteiger partial charge on any atom is -0.373 e. The summed E-state index contributed by atoms with van der Waals surface area (Å²) in [6.07, 6.45) is 6.42. The summed E-state index contributed by atoms with van der Waals surface area (Å²) in [6.45, 7) is 5.18. The molecule has 0 radical (unpaired) electrons. The molecule has 0 saturated carbocycles. The maximum Gasteiger partial charge on any atom is 0.0869 e. The molecule has 1 aliphatic heterocycles. The standard InChI is InChI=1S/C8H12O/c1-4-5-8(2,3)7-6-9-7/h1,7H,5-6H2,2-3H3. The Morgan fingerprint density at radius 1 is 1.78 bits per heavy atom. The summed E-state index contributed by atoms with van der Waals surface area (Å²) in [7, 11) is 0. The van der Waals surface area contributed by atoms with Crippen molar-refractivity contribution >= 4 is 0 Å². The molecule has 0 N–H and O–H groups in total. The molecule has 1 aliphatic rings. The van der Waals surface area contributed by atoms with E-state index in [0.717, 1.165) is 13.0 Å². The molecule has 1 heteroatoms. The highest BCUT2D eigenvalue weighted by molar-refractivity contribution is 4.97. The van der Waals surface area contributed by atoms with Gasteiger partial charge < -0.3 is 4.74 Å². The molecule has 50 valence electrons. The van der Waals surface area contributed by atoms with E-state index in [9.17, 15) is 0 Å². The molecule has 0 aromatic carbocycles. The number of epoxide rings is 1. The number of terminal acetylenes is 1. The molecule has 1 nitrogen and oxygen atoms in total. The average Bonchev–Trinajstić information content (AvgIpc) is 2.41. The molecule has 0 amide bonds. The summed E-state index contributed by atoms with van der Waals surface area (Å²) in [5.41, 5.74) is 0.203. The minimum absolute atomic E-state index is 0.203. The Hall–Kier alpha value is -0.480. The van der Waals surface area contributed by atoms with E-state index in [1.807, 2.05) is 0 Å². The van der Waals surface area contributed by atoms with Crippen molar-refractivity contribution in [2.24, 2.45) is 5.41 Å². The zero-order valence-electron chi connectivity index (χ0n) is 5.98. The van der Waals surface area contributed by atoms with Crippen molar-refractivity contribution in [3.63, 3.8) is 0 Å². The van der Waals surface area contributed by atoms with E-state index in [2.05, 4.69) is 19.8 Å². The van der Waals surface area contributed by atoms with Gasteiger partial charge in [0, 0.05) is 11.8 Å². The van der Waals surface area contributed by atoms with E-state index < -0.39 is 0 Å². The zero-order valence-corrected chi connectivity index (χ0v) is 5.98. The summed E-state index contributed by atoms with van der Waals surface area (Å²) in [4.78, 5) is 0. The third-order valence-corrected chi connectivity index (χ3v) is 1.76. The van der Waals surface area contributed by atoms with Gasteiger partial charge in [0.25, 0.3) is 0 Å². The topological polar surface area (TPSA) is 12.5 Å². The Morgan fingerprint density at radius 2 is 2.33 bits per heavy atom. The van der Waals surface area contributed by atoms with Crippen molar-refractivity contribution < 1.29 is 4.74 Å². The van der Waals surface area contributed by atoms with Gasteiger partial charge >= 0.3 is 0 Å². The van der Waals surface area contributed by atoms with Gasteiger partial charge in [0.1, 0.15) is 0 Å². The van der Waals surface area contributed by atoms with Crippen LogP contribution in [0, 0.1) is 17.8 Å². The molecule has 0 aromatic rings. The van der Waals surface area contributed by atoms with Crippen LogP contribution in [0.5, 0.6) is 0 Å². The third-order valence-electron chi connectivity index (χ3n) is 1.76. The Bertz CT molecular complexity index is 137. The SMILES string of the molecule is C#CCC(C)(C)C1CO1. The summed E-state index contributed by atoms with van der Waals surface area (Å²) in [5.74, 6) is 2.65. The van der Waals surface area contributed by atoms with Gasteiger partial charge in [-0.25, -0.2) is 0 Å². The molecule has 1 fully saturated rings. The van der Waals surface area contributed by atoms with Crippen LogP contribution in [-0.4, -0.2) is 12.7 Å². The van der Waals surface area contributed by atoms with E-state index in [1.165, 1.54) is 0 Å². The predicted molar refractivity (Wildman–Crippen MR) is 37.0 cm³/mol. The molecule has 0 aromatic heterocycles. The molecule has 1 rings (SSSR count). The first-order valence-corrected chi connectivity index (χ1v) is 3.22. The van der Waals surface area contributed by atoms with Crippen molar-refractivity contribution in [3.8, 4) is 12.3 Å². The van der Waals surface area contributed by atoms with Crippen LogP contribution in [0.25, 0.3) is 0 Å². The average molecular weight is 124 g/mol. The lowest BCUT2D eigenvalue weighted by Crippen LogP contribution is -2.17. The fraction of sp³-hybridized carbons (Fsp3) is 0.750. The van der Waals surface area contributed by atoms with Crippen LogP contribution in [-0.2, 0) is 4.74 Å². The Kier molecular flexibility index (Phi) is 1.50. The zero-order chi connectivity index (χ0) is 6.91. The molecule has 1 saturated heterocycles. The second-order valence-electron chi connectivity index (χ2n) is 3.19. The Balaban J connectivity index is 2.41. The fourth-order valence-electron chi connectivity index (χ4n) is 0.876. The Labute approximate surface area is 56.4 Å². The number of rotatable bonds is 2. The summed E-state index contributed by atoms with van der Waals surface area (Å²) in [6, 6.07) is 0. The predicted octanol–water partition coefficient (Wildman–Crippen LogP) is 1.43. The highest BCUT2D eigenvalue weighted by atomic mass is 16.6. The van der Waals surface area contributed by atoms with Gasteiger partial charge in [-0.05, 0) is 0 Å². The monoisotopic (exact) mass is 124 g/mol. The van der Waals surface area contributed by atoms with E-state index in [0.29, 0.717) is 6.10 Å². The lowest BCUT2D eigenvalue weighted by molar-refractivity contribution is 0.248. The second kappa shape index (κ2) is 2.04. The van der Waals surface area contributed by atoms with Crippen LogP contribution in [0.3, 0.4) is 0 Å². The minimum atomic E-state index is 0.203. The van der Waals surface area contributed by atoms with Gasteiger partial charge in [-0.2, -0.15) is 0 Å². The van der Waals surface area contributed by atoms with E-state index in [1.54, 1.807) is 0 Å². The van der Waals surface area contributed by atoms with E-state index in [4.69, 9.17) is 11.2 Å². The lowest BCUT2D eigenvalue weighted by atomic mass is 9.86. The fourth-order valence-corrected chi connectivity index (χ4v) is 0.876. The van der Waals surface area contributed by atoms with Crippen LogP contribution in [0.15, 0.2) is 0 Å². The Morgan fingerprint density at radius 3 is 2.67 bits per heavy atom. The van der Waals surface area contributed by atoms with Crippen molar-refractivity contribution in [1.82, 2.24) is 0 Å². The first-order chi connectivity index (χ1) is 4.17. The summed E-state index contributed by atoms with van der Waals surface area (Å²) < 4.78 is 5.13. The van der Waals surface area contributed by atoms with Crippen molar-refractivity contribution in [1.29, 1.82) is 0 Å². The number of ether oxygens (including phenoxy) is 1. The number of hydrogen-bond donors (Lipinski definition) is 0. The normalized spacial score (nSPS) is 25.2. The highest BCUT2D eigenvalue weighted by Crippen LogP contribution is 2.34. The first-order valence-electron chi connectivity index (χ1n) is 3.22. The molecule has 1 heterocycles. The molecular formula is C8H12O. The van der Waals surface area contributed by atoms with Crippen LogP contribution in [0.2, 0.25) is 0 Å². The molecule has 1 unspecified atom stereocenters. The van der Waals surface area contributed by atoms with Gasteiger partial charge in [-0.15, -0.1) is 12.3 Å². The van der Waals surface area contributed by atoms with Gasteiger partial charge in [0.2, 0.25) is 0 Å². The molecule has 0 bridgehead atoms. The summed E-state index contributed by atoms with van der Waals surface area (Å²) >= 11 is 0. The highest BCUT2D eigenvalue weighted by Gasteiger charge is 2.38. The van der Waals surface area contributed by atoms with Gasteiger partial charge in [-0.3, -0.25) is 0 Å². The maximum absolute atomic E-state index is 5.17.